The number of halogens is 1. The van der Waals surface area contributed by atoms with Crippen molar-refractivity contribution in [1.82, 2.24) is 0 Å². The van der Waals surface area contributed by atoms with Crippen molar-refractivity contribution < 1.29 is 19.0 Å². The smallest absolute Gasteiger partial charge is 0.336 e. The first kappa shape index (κ1) is 23.9. The van der Waals surface area contributed by atoms with Gasteiger partial charge in [0, 0.05) is 28.3 Å². The zero-order chi connectivity index (χ0) is 24.8. The van der Waals surface area contributed by atoms with Crippen molar-refractivity contribution in [2.45, 2.75) is 19.3 Å². The Balaban J connectivity index is 1.63. The van der Waals surface area contributed by atoms with Gasteiger partial charge in [-0.1, -0.05) is 61.0 Å². The second-order valence-electron chi connectivity index (χ2n) is 7.79. The molecule has 4 rings (SSSR count). The number of nitrogens with zero attached hydrogens (tertiary/aromatic N) is 1. The largest absolute Gasteiger partial charge is 0.493 e. The third-order valence-corrected chi connectivity index (χ3v) is 5.75. The van der Waals surface area contributed by atoms with E-state index in [0.717, 1.165) is 17.5 Å². The van der Waals surface area contributed by atoms with Crippen molar-refractivity contribution in [1.29, 1.82) is 5.26 Å². The molecular weight excluding hydrogens is 464 g/mol. The van der Waals surface area contributed by atoms with E-state index in [2.05, 4.69) is 6.07 Å². The number of benzene rings is 3. The molecule has 0 saturated heterocycles. The molecule has 0 amide bonds. The third-order valence-electron chi connectivity index (χ3n) is 5.40. The maximum atomic E-state index is 12.4. The van der Waals surface area contributed by atoms with Gasteiger partial charge in [-0.15, -0.1) is 0 Å². The molecule has 176 valence electrons. The van der Waals surface area contributed by atoms with E-state index >= 15 is 0 Å². The molecule has 2 N–H and O–H groups in total. The van der Waals surface area contributed by atoms with E-state index < -0.39 is 11.9 Å². The molecule has 0 fully saturated rings. The highest BCUT2D eigenvalue weighted by atomic mass is 35.5. The standard InChI is InChI=1S/C28H23ClN2O4/c1-2-15-33-24-10-6-4-8-20(24)27-21-13-12-19(16-25(21)35-28(31)22(27)17-30)34-26(32)14-11-18-7-3-5-9-23(18)29/h3-14,16,27H,2,15,31H2,1H3/b14-11+. The molecular formula is C28H23ClN2O4. The van der Waals surface area contributed by atoms with Crippen LogP contribution in [0.5, 0.6) is 17.2 Å². The first-order chi connectivity index (χ1) is 17.0. The van der Waals surface area contributed by atoms with Gasteiger partial charge in [-0.3, -0.25) is 0 Å². The number of carbonyl (C=O) groups is 1. The number of nitrogens with two attached hydrogens (primary N) is 1. The van der Waals surface area contributed by atoms with Crippen LogP contribution < -0.4 is 19.9 Å². The van der Waals surface area contributed by atoms with Gasteiger partial charge in [0.25, 0.3) is 0 Å². The van der Waals surface area contributed by atoms with Crippen molar-refractivity contribution >= 4 is 23.6 Å². The lowest BCUT2D eigenvalue weighted by Crippen LogP contribution is -2.21. The molecule has 1 aliphatic heterocycles. The second-order valence-corrected chi connectivity index (χ2v) is 8.19. The minimum atomic E-state index is -0.572. The molecule has 3 aromatic rings. The van der Waals surface area contributed by atoms with Crippen LogP contribution in [0, 0.1) is 11.3 Å². The van der Waals surface area contributed by atoms with Gasteiger partial charge in [-0.2, -0.15) is 5.26 Å². The topological polar surface area (TPSA) is 94.6 Å². The van der Waals surface area contributed by atoms with E-state index in [1.807, 2.05) is 43.3 Å². The van der Waals surface area contributed by atoms with Crippen LogP contribution in [0.2, 0.25) is 5.02 Å². The van der Waals surface area contributed by atoms with Crippen molar-refractivity contribution in [3.05, 3.63) is 106 Å². The molecule has 35 heavy (non-hydrogen) atoms. The van der Waals surface area contributed by atoms with Gasteiger partial charge in [0.2, 0.25) is 5.88 Å². The number of nitriles is 1. The molecule has 1 unspecified atom stereocenters. The normalized spacial score (nSPS) is 14.7. The molecule has 3 aromatic carbocycles. The van der Waals surface area contributed by atoms with Crippen molar-refractivity contribution in [3.63, 3.8) is 0 Å². The number of ether oxygens (including phenoxy) is 3. The predicted molar refractivity (Wildman–Crippen MR) is 134 cm³/mol. The fraction of sp³-hybridized carbons (Fsp3) is 0.143. The number of carbonyl (C=O) groups excluding carboxylic acids is 1. The van der Waals surface area contributed by atoms with E-state index in [-0.39, 0.29) is 17.2 Å². The first-order valence-electron chi connectivity index (χ1n) is 11.1. The number of fused-ring (bicyclic) bond motifs is 1. The van der Waals surface area contributed by atoms with Gasteiger partial charge in [-0.25, -0.2) is 4.79 Å². The van der Waals surface area contributed by atoms with Gasteiger partial charge in [0.15, 0.2) is 0 Å². The van der Waals surface area contributed by atoms with Gasteiger partial charge in [0.1, 0.15) is 28.9 Å². The minimum Gasteiger partial charge on any atom is -0.493 e. The summed E-state index contributed by atoms with van der Waals surface area (Å²) in [7, 11) is 0. The minimum absolute atomic E-state index is 0.00242. The SMILES string of the molecule is CCCOc1ccccc1C1C(C#N)=C(N)Oc2cc(OC(=O)/C=C/c3ccccc3Cl)ccc21. The van der Waals surface area contributed by atoms with Crippen molar-refractivity contribution in [3.8, 4) is 23.3 Å². The van der Waals surface area contributed by atoms with Crippen LogP contribution in [0.25, 0.3) is 6.08 Å². The van der Waals surface area contributed by atoms with E-state index in [1.165, 1.54) is 6.08 Å². The monoisotopic (exact) mass is 486 g/mol. The summed E-state index contributed by atoms with van der Waals surface area (Å²) < 4.78 is 17.1. The third kappa shape index (κ3) is 5.32. The Bertz CT molecular complexity index is 1360. The van der Waals surface area contributed by atoms with Crippen LogP contribution in [-0.4, -0.2) is 12.6 Å². The molecule has 1 aliphatic rings. The fourth-order valence-corrected chi connectivity index (χ4v) is 4.00. The number of para-hydroxylation sites is 1. The zero-order valence-electron chi connectivity index (χ0n) is 19.0. The average Bonchev–Trinajstić information content (AvgIpc) is 2.86. The highest BCUT2D eigenvalue weighted by molar-refractivity contribution is 6.32. The first-order valence-corrected chi connectivity index (χ1v) is 11.5. The maximum Gasteiger partial charge on any atom is 0.336 e. The Morgan fingerprint density at radius 2 is 1.91 bits per heavy atom. The van der Waals surface area contributed by atoms with Crippen molar-refractivity contribution in [2.75, 3.05) is 6.61 Å². The number of hydrogen-bond donors (Lipinski definition) is 1. The summed E-state index contributed by atoms with van der Waals surface area (Å²) in [6.07, 6.45) is 3.73. The Kier molecular flexibility index (Phi) is 7.39. The number of esters is 1. The molecule has 0 radical (unpaired) electrons. The average molecular weight is 487 g/mol. The quantitative estimate of drug-likeness (QED) is 0.251. The van der Waals surface area contributed by atoms with Crippen LogP contribution >= 0.6 is 11.6 Å². The lowest BCUT2D eigenvalue weighted by molar-refractivity contribution is -0.128. The van der Waals surface area contributed by atoms with Gasteiger partial charge in [-0.05, 0) is 36.3 Å². The second kappa shape index (κ2) is 10.8. The molecule has 1 atom stereocenters. The Hall–Kier alpha value is -4.21. The Morgan fingerprint density at radius 3 is 2.69 bits per heavy atom. The summed E-state index contributed by atoms with van der Waals surface area (Å²) in [5, 5.41) is 10.4. The van der Waals surface area contributed by atoms with E-state index in [1.54, 1.807) is 36.4 Å². The van der Waals surface area contributed by atoms with Gasteiger partial charge >= 0.3 is 5.97 Å². The molecule has 7 heteroatoms. The van der Waals surface area contributed by atoms with Crippen LogP contribution in [0.15, 0.2) is 84.3 Å². The van der Waals surface area contributed by atoms with Crippen LogP contribution in [0.4, 0.5) is 0 Å². The maximum absolute atomic E-state index is 12.4. The predicted octanol–water partition coefficient (Wildman–Crippen LogP) is 5.97. The number of hydrogen-bond acceptors (Lipinski definition) is 6. The van der Waals surface area contributed by atoms with Crippen LogP contribution in [-0.2, 0) is 4.79 Å². The lowest BCUT2D eigenvalue weighted by atomic mass is 9.83. The summed E-state index contributed by atoms with van der Waals surface area (Å²) in [4.78, 5) is 12.4. The van der Waals surface area contributed by atoms with Crippen molar-refractivity contribution in [2.24, 2.45) is 5.73 Å². The molecule has 0 aromatic heterocycles. The molecule has 0 bridgehead atoms. The molecule has 0 aliphatic carbocycles. The van der Waals surface area contributed by atoms with Gasteiger partial charge in [0.05, 0.1) is 12.5 Å². The molecule has 6 nitrogen and oxygen atoms in total. The summed E-state index contributed by atoms with van der Waals surface area (Å²) >= 11 is 6.12. The summed E-state index contributed by atoms with van der Waals surface area (Å²) in [6, 6.07) is 21.9. The van der Waals surface area contributed by atoms with E-state index in [0.29, 0.717) is 28.7 Å². The Morgan fingerprint density at radius 1 is 1.14 bits per heavy atom. The number of rotatable bonds is 7. The number of allylic oxidation sites excluding steroid dienone is 1. The van der Waals surface area contributed by atoms with Crippen LogP contribution in [0.1, 0.15) is 36.0 Å². The highest BCUT2D eigenvalue weighted by Crippen LogP contribution is 2.45. The molecule has 0 saturated carbocycles. The summed E-state index contributed by atoms with van der Waals surface area (Å²) in [5.41, 5.74) is 8.63. The zero-order valence-corrected chi connectivity index (χ0v) is 19.8. The summed E-state index contributed by atoms with van der Waals surface area (Å²) in [6.45, 7) is 2.57. The lowest BCUT2D eigenvalue weighted by Gasteiger charge is -2.28. The fourth-order valence-electron chi connectivity index (χ4n) is 3.80. The van der Waals surface area contributed by atoms with E-state index in [9.17, 15) is 10.1 Å². The Labute approximate surface area is 208 Å². The molecule has 1 heterocycles. The van der Waals surface area contributed by atoms with Crippen LogP contribution in [0.3, 0.4) is 0 Å². The van der Waals surface area contributed by atoms with Gasteiger partial charge < -0.3 is 19.9 Å². The van der Waals surface area contributed by atoms with E-state index in [4.69, 9.17) is 31.5 Å². The highest BCUT2D eigenvalue weighted by Gasteiger charge is 2.32. The molecule has 0 spiro atoms. The summed E-state index contributed by atoms with van der Waals surface area (Å²) in [5.74, 6) is 0.293.